The lowest BCUT2D eigenvalue weighted by molar-refractivity contribution is -0.137. The number of hydrogen-bond donors (Lipinski definition) is 1. The molecule has 0 radical (unpaired) electrons. The molecule has 0 saturated carbocycles. The van der Waals surface area contributed by atoms with Gasteiger partial charge in [0.2, 0.25) is 10.0 Å². The molecule has 1 N–H and O–H groups in total. The first-order chi connectivity index (χ1) is 6.79. The van der Waals surface area contributed by atoms with Gasteiger partial charge >= 0.3 is 5.97 Å². The van der Waals surface area contributed by atoms with Crippen LogP contribution in [0.4, 0.5) is 0 Å². The summed E-state index contributed by atoms with van der Waals surface area (Å²) in [6.45, 7) is 6.45. The van der Waals surface area contributed by atoms with Crippen LogP contribution in [0.3, 0.4) is 0 Å². The van der Waals surface area contributed by atoms with Crippen molar-refractivity contribution in [3.05, 3.63) is 12.7 Å². The third-order valence-corrected chi connectivity index (χ3v) is 3.73. The second kappa shape index (κ2) is 5.87. The Labute approximate surface area is 90.4 Å². The van der Waals surface area contributed by atoms with Crippen molar-refractivity contribution < 1.29 is 18.3 Å². The van der Waals surface area contributed by atoms with Crippen molar-refractivity contribution in [3.8, 4) is 0 Å². The van der Waals surface area contributed by atoms with Crippen LogP contribution in [0, 0.1) is 5.92 Å². The van der Waals surface area contributed by atoms with Gasteiger partial charge in [0.15, 0.2) is 0 Å². The molecule has 0 atom stereocenters. The van der Waals surface area contributed by atoms with Gasteiger partial charge in [-0.15, -0.1) is 6.58 Å². The van der Waals surface area contributed by atoms with Gasteiger partial charge in [-0.1, -0.05) is 19.9 Å². The van der Waals surface area contributed by atoms with E-state index in [1.165, 1.54) is 6.08 Å². The largest absolute Gasteiger partial charge is 0.480 e. The van der Waals surface area contributed by atoms with Gasteiger partial charge in [0.05, 0.1) is 5.75 Å². The van der Waals surface area contributed by atoms with Gasteiger partial charge in [0.25, 0.3) is 0 Å². The van der Waals surface area contributed by atoms with Crippen LogP contribution in [0.5, 0.6) is 0 Å². The number of hydrogen-bond acceptors (Lipinski definition) is 3. The maximum absolute atomic E-state index is 11.7. The van der Waals surface area contributed by atoms with E-state index in [2.05, 4.69) is 6.58 Å². The lowest BCUT2D eigenvalue weighted by Gasteiger charge is -2.19. The van der Waals surface area contributed by atoms with E-state index < -0.39 is 22.5 Å². The molecule has 0 unspecified atom stereocenters. The number of sulfonamides is 1. The van der Waals surface area contributed by atoms with Crippen LogP contribution in [0.15, 0.2) is 12.7 Å². The molecule has 0 aliphatic rings. The number of carboxylic acid groups (broad SMARTS) is 1. The number of nitrogens with zero attached hydrogens (tertiary/aromatic N) is 1. The summed E-state index contributed by atoms with van der Waals surface area (Å²) in [6, 6.07) is 0. The molecular formula is C9H17NO4S. The Balaban J connectivity index is 4.73. The Hall–Kier alpha value is -0.880. The van der Waals surface area contributed by atoms with Gasteiger partial charge in [-0.3, -0.25) is 4.79 Å². The van der Waals surface area contributed by atoms with Gasteiger partial charge in [0.1, 0.15) is 6.54 Å². The van der Waals surface area contributed by atoms with Crippen LogP contribution < -0.4 is 0 Å². The van der Waals surface area contributed by atoms with E-state index in [-0.39, 0.29) is 18.2 Å². The van der Waals surface area contributed by atoms with Crippen molar-refractivity contribution >= 4 is 16.0 Å². The fourth-order valence-electron chi connectivity index (χ4n) is 1.10. The monoisotopic (exact) mass is 235 g/mol. The highest BCUT2D eigenvalue weighted by Gasteiger charge is 2.23. The molecule has 0 aliphatic heterocycles. The van der Waals surface area contributed by atoms with Crippen LogP contribution in [0.25, 0.3) is 0 Å². The minimum atomic E-state index is -3.50. The predicted octanol–water partition coefficient (Wildman–Crippen LogP) is 0.545. The van der Waals surface area contributed by atoms with E-state index in [9.17, 15) is 13.2 Å². The molecule has 0 aromatic carbocycles. The maximum atomic E-state index is 11.7. The topological polar surface area (TPSA) is 74.7 Å². The molecule has 0 fully saturated rings. The lowest BCUT2D eigenvalue weighted by Crippen LogP contribution is -2.38. The van der Waals surface area contributed by atoms with Crippen molar-refractivity contribution in [2.45, 2.75) is 13.8 Å². The van der Waals surface area contributed by atoms with E-state index >= 15 is 0 Å². The Morgan fingerprint density at radius 1 is 1.53 bits per heavy atom. The fraction of sp³-hybridized carbons (Fsp3) is 0.667. The number of carboxylic acids is 1. The third-order valence-electron chi connectivity index (χ3n) is 1.58. The zero-order chi connectivity index (χ0) is 12.1. The quantitative estimate of drug-likeness (QED) is 0.654. The average Bonchev–Trinajstić information content (AvgIpc) is 2.00. The van der Waals surface area contributed by atoms with Crippen molar-refractivity contribution in [2.24, 2.45) is 5.92 Å². The van der Waals surface area contributed by atoms with E-state index in [0.717, 1.165) is 4.31 Å². The molecule has 0 heterocycles. The zero-order valence-corrected chi connectivity index (χ0v) is 9.83. The van der Waals surface area contributed by atoms with Crippen LogP contribution >= 0.6 is 0 Å². The highest BCUT2D eigenvalue weighted by molar-refractivity contribution is 7.89. The van der Waals surface area contributed by atoms with E-state index in [1.54, 1.807) is 13.8 Å². The Kier molecular flexibility index (Phi) is 5.53. The predicted molar refractivity (Wildman–Crippen MR) is 58.0 cm³/mol. The SMILES string of the molecule is C=CCN(CC(=O)O)S(=O)(=O)CC(C)C. The first-order valence-corrected chi connectivity index (χ1v) is 6.21. The van der Waals surface area contributed by atoms with Gasteiger partial charge in [0, 0.05) is 6.54 Å². The second-order valence-corrected chi connectivity index (χ2v) is 5.66. The Morgan fingerprint density at radius 3 is 2.40 bits per heavy atom. The molecule has 0 aromatic heterocycles. The lowest BCUT2D eigenvalue weighted by atomic mass is 10.3. The summed E-state index contributed by atoms with van der Waals surface area (Å²) in [7, 11) is -3.50. The van der Waals surface area contributed by atoms with Gasteiger partial charge < -0.3 is 5.11 Å². The molecule has 88 valence electrons. The zero-order valence-electron chi connectivity index (χ0n) is 9.01. The maximum Gasteiger partial charge on any atom is 0.318 e. The molecule has 0 bridgehead atoms. The molecule has 0 amide bonds. The smallest absolute Gasteiger partial charge is 0.318 e. The third kappa shape index (κ3) is 5.54. The summed E-state index contributed by atoms with van der Waals surface area (Å²) in [5.74, 6) is -1.24. The highest BCUT2D eigenvalue weighted by Crippen LogP contribution is 2.06. The second-order valence-electron chi connectivity index (χ2n) is 3.65. The van der Waals surface area contributed by atoms with Gasteiger partial charge in [-0.2, -0.15) is 4.31 Å². The molecular weight excluding hydrogens is 218 g/mol. The highest BCUT2D eigenvalue weighted by atomic mass is 32.2. The molecule has 5 nitrogen and oxygen atoms in total. The number of rotatable bonds is 7. The Bertz CT molecular complexity index is 321. The van der Waals surface area contributed by atoms with Crippen molar-refractivity contribution in [3.63, 3.8) is 0 Å². The first kappa shape index (κ1) is 14.1. The molecule has 6 heteroatoms. The van der Waals surface area contributed by atoms with E-state index in [0.29, 0.717) is 0 Å². The molecule has 0 saturated heterocycles. The summed E-state index contributed by atoms with van der Waals surface area (Å²) >= 11 is 0. The fourth-order valence-corrected chi connectivity index (χ4v) is 2.79. The Morgan fingerprint density at radius 2 is 2.07 bits per heavy atom. The minimum Gasteiger partial charge on any atom is -0.480 e. The van der Waals surface area contributed by atoms with E-state index in [4.69, 9.17) is 5.11 Å². The molecule has 0 spiro atoms. The number of carbonyl (C=O) groups is 1. The standard InChI is InChI=1S/C9H17NO4S/c1-4-5-10(6-9(11)12)15(13,14)7-8(2)3/h4,8H,1,5-7H2,2-3H3,(H,11,12). The normalized spacial score (nSPS) is 12.0. The summed E-state index contributed by atoms with van der Waals surface area (Å²) in [5, 5.41) is 8.57. The summed E-state index contributed by atoms with van der Waals surface area (Å²) in [4.78, 5) is 10.5. The van der Waals surface area contributed by atoms with Gasteiger partial charge in [-0.25, -0.2) is 8.42 Å². The number of aliphatic carboxylic acids is 1. The minimum absolute atomic E-state index is 0.0291. The van der Waals surface area contributed by atoms with Crippen LogP contribution in [0.1, 0.15) is 13.8 Å². The van der Waals surface area contributed by atoms with E-state index in [1.807, 2.05) is 0 Å². The van der Waals surface area contributed by atoms with Gasteiger partial charge in [-0.05, 0) is 5.92 Å². The van der Waals surface area contributed by atoms with Crippen LogP contribution in [-0.4, -0.2) is 42.6 Å². The first-order valence-electron chi connectivity index (χ1n) is 4.60. The summed E-state index contributed by atoms with van der Waals surface area (Å²) in [6.07, 6.45) is 1.38. The van der Waals surface area contributed by atoms with Crippen molar-refractivity contribution in [2.75, 3.05) is 18.8 Å². The molecule has 15 heavy (non-hydrogen) atoms. The van der Waals surface area contributed by atoms with Crippen LogP contribution in [0.2, 0.25) is 0 Å². The van der Waals surface area contributed by atoms with Crippen molar-refractivity contribution in [1.29, 1.82) is 0 Å². The summed E-state index contributed by atoms with van der Waals surface area (Å²) < 4.78 is 24.3. The summed E-state index contributed by atoms with van der Waals surface area (Å²) in [5.41, 5.74) is 0. The molecule has 0 aliphatic carbocycles. The average molecular weight is 235 g/mol. The van der Waals surface area contributed by atoms with Crippen LogP contribution in [-0.2, 0) is 14.8 Å². The van der Waals surface area contributed by atoms with Crippen molar-refractivity contribution in [1.82, 2.24) is 4.31 Å². The molecule has 0 aromatic rings. The molecule has 0 rings (SSSR count).